The maximum absolute atomic E-state index is 4.56. The second-order valence-electron chi connectivity index (χ2n) is 4.60. The number of unbranched alkanes of at least 4 members (excludes halogenated alkanes) is 1. The van der Waals surface area contributed by atoms with Gasteiger partial charge in [-0.1, -0.05) is 61.1 Å². The molecule has 3 rings (SSSR count). The van der Waals surface area contributed by atoms with Crippen LogP contribution in [-0.4, -0.2) is 19.8 Å². The van der Waals surface area contributed by atoms with Crippen LogP contribution in [0.5, 0.6) is 0 Å². The Morgan fingerprint density at radius 3 is 2.80 bits per heavy atom. The molecule has 4 nitrogen and oxygen atoms in total. The van der Waals surface area contributed by atoms with E-state index in [0.717, 1.165) is 35.1 Å². The molecule has 0 amide bonds. The van der Waals surface area contributed by atoms with Gasteiger partial charge in [0.2, 0.25) is 4.96 Å². The van der Waals surface area contributed by atoms with Gasteiger partial charge in [0.1, 0.15) is 5.01 Å². The summed E-state index contributed by atoms with van der Waals surface area (Å²) >= 11 is 1.56. The highest BCUT2D eigenvalue weighted by Crippen LogP contribution is 2.17. The van der Waals surface area contributed by atoms with Crippen molar-refractivity contribution in [2.24, 2.45) is 0 Å². The molecule has 2 aromatic heterocycles. The molecule has 5 heteroatoms. The van der Waals surface area contributed by atoms with E-state index in [2.05, 4.69) is 40.4 Å². The fraction of sp³-hybridized carbons (Fsp3) is 0.267. The van der Waals surface area contributed by atoms with Crippen LogP contribution in [0.15, 0.2) is 30.3 Å². The molecule has 1 aromatic carbocycles. The average Bonchev–Trinajstić information content (AvgIpc) is 3.04. The largest absolute Gasteiger partial charge is 0.234 e. The second-order valence-corrected chi connectivity index (χ2v) is 5.59. The topological polar surface area (TPSA) is 43.1 Å². The van der Waals surface area contributed by atoms with Crippen LogP contribution in [0.2, 0.25) is 0 Å². The number of hydrogen-bond acceptors (Lipinski definition) is 4. The summed E-state index contributed by atoms with van der Waals surface area (Å²) < 4.78 is 1.87. The van der Waals surface area contributed by atoms with E-state index in [-0.39, 0.29) is 0 Å². The lowest BCUT2D eigenvalue weighted by Crippen LogP contribution is -1.95. The molecule has 0 N–H and O–H groups in total. The quantitative estimate of drug-likeness (QED) is 0.717. The Morgan fingerprint density at radius 1 is 1.15 bits per heavy atom. The first kappa shape index (κ1) is 13.0. The maximum Gasteiger partial charge on any atom is 0.234 e. The summed E-state index contributed by atoms with van der Waals surface area (Å²) in [4.78, 5) is 0.865. The van der Waals surface area contributed by atoms with Crippen molar-refractivity contribution in [2.75, 3.05) is 0 Å². The van der Waals surface area contributed by atoms with E-state index in [9.17, 15) is 0 Å². The number of fused-ring (bicyclic) bond motifs is 1. The summed E-state index contributed by atoms with van der Waals surface area (Å²) in [5.74, 6) is 0.956. The Kier molecular flexibility index (Phi) is 3.87. The number of aryl methyl sites for hydroxylation is 1. The molecule has 0 atom stereocenters. The molecule has 0 unspecified atom stereocenters. The van der Waals surface area contributed by atoms with Crippen molar-refractivity contribution in [1.29, 1.82) is 0 Å². The van der Waals surface area contributed by atoms with Crippen molar-refractivity contribution in [2.45, 2.75) is 26.2 Å². The molecular weight excluding hydrogens is 268 g/mol. The van der Waals surface area contributed by atoms with Gasteiger partial charge in [0.05, 0.1) is 0 Å². The van der Waals surface area contributed by atoms with Crippen LogP contribution in [-0.2, 0) is 6.42 Å². The molecule has 2 heterocycles. The third-order valence-electron chi connectivity index (χ3n) is 3.04. The predicted molar refractivity (Wildman–Crippen MR) is 82.6 cm³/mol. The van der Waals surface area contributed by atoms with Gasteiger partial charge in [-0.2, -0.15) is 9.61 Å². The van der Waals surface area contributed by atoms with E-state index >= 15 is 0 Å². The summed E-state index contributed by atoms with van der Waals surface area (Å²) in [5.41, 5.74) is 1.17. The average molecular weight is 284 g/mol. The van der Waals surface area contributed by atoms with E-state index in [1.807, 2.05) is 28.8 Å². The van der Waals surface area contributed by atoms with E-state index in [1.165, 1.54) is 5.56 Å². The van der Waals surface area contributed by atoms with Crippen LogP contribution in [0, 0.1) is 0 Å². The molecule has 0 aliphatic carbocycles. The van der Waals surface area contributed by atoms with E-state index in [4.69, 9.17) is 0 Å². The van der Waals surface area contributed by atoms with Crippen molar-refractivity contribution in [3.8, 4) is 0 Å². The Hall–Kier alpha value is -2.01. The number of nitrogens with zero attached hydrogens (tertiary/aromatic N) is 4. The number of aromatic nitrogens is 4. The first-order valence-electron chi connectivity index (χ1n) is 6.81. The van der Waals surface area contributed by atoms with Crippen LogP contribution in [0.3, 0.4) is 0 Å². The van der Waals surface area contributed by atoms with Gasteiger partial charge in [0, 0.05) is 6.42 Å². The van der Waals surface area contributed by atoms with Gasteiger partial charge in [0.15, 0.2) is 5.82 Å². The van der Waals surface area contributed by atoms with Crippen molar-refractivity contribution in [3.05, 3.63) is 46.7 Å². The zero-order valence-electron chi connectivity index (χ0n) is 11.4. The number of hydrogen-bond donors (Lipinski definition) is 0. The van der Waals surface area contributed by atoms with E-state index in [0.29, 0.717) is 0 Å². The molecule has 20 heavy (non-hydrogen) atoms. The van der Waals surface area contributed by atoms with Gasteiger partial charge in [-0.25, -0.2) is 0 Å². The fourth-order valence-electron chi connectivity index (χ4n) is 1.96. The predicted octanol–water partition coefficient (Wildman–Crippen LogP) is 3.70. The summed E-state index contributed by atoms with van der Waals surface area (Å²) in [6, 6.07) is 10.2. The lowest BCUT2D eigenvalue weighted by molar-refractivity contribution is 0.721. The molecule has 0 aliphatic rings. The summed E-state index contributed by atoms with van der Waals surface area (Å²) in [6.45, 7) is 2.17. The minimum atomic E-state index is 0.865. The molecule has 0 spiro atoms. The highest BCUT2D eigenvalue weighted by Gasteiger charge is 2.09. The normalized spacial score (nSPS) is 11.7. The highest BCUT2D eigenvalue weighted by atomic mass is 32.1. The molecule has 0 aliphatic heterocycles. The molecule has 0 bridgehead atoms. The van der Waals surface area contributed by atoms with Crippen LogP contribution in [0.25, 0.3) is 17.1 Å². The Morgan fingerprint density at radius 2 is 2.00 bits per heavy atom. The number of rotatable bonds is 5. The summed E-state index contributed by atoms with van der Waals surface area (Å²) in [7, 11) is 0. The minimum absolute atomic E-state index is 0.865. The third-order valence-corrected chi connectivity index (χ3v) is 3.91. The van der Waals surface area contributed by atoms with E-state index < -0.39 is 0 Å². The van der Waals surface area contributed by atoms with Gasteiger partial charge in [-0.05, 0) is 18.1 Å². The molecule has 0 radical (unpaired) electrons. The molecule has 0 saturated heterocycles. The first-order chi connectivity index (χ1) is 9.86. The van der Waals surface area contributed by atoms with Crippen molar-refractivity contribution in [1.82, 2.24) is 19.8 Å². The monoisotopic (exact) mass is 284 g/mol. The minimum Gasteiger partial charge on any atom is -0.187 e. The van der Waals surface area contributed by atoms with Crippen LogP contribution < -0.4 is 0 Å². The molecule has 0 fully saturated rings. The second kappa shape index (κ2) is 5.96. The van der Waals surface area contributed by atoms with Crippen molar-refractivity contribution in [3.63, 3.8) is 0 Å². The molecular formula is C15H16N4S. The van der Waals surface area contributed by atoms with Crippen molar-refractivity contribution < 1.29 is 0 Å². The SMILES string of the molecule is CCCCc1nnc2sc(/C=C/c3ccccc3)nn12. The fourth-order valence-corrected chi connectivity index (χ4v) is 2.72. The standard InChI is InChI=1S/C15H16N4S/c1-2-3-9-13-16-17-15-19(13)18-14(20-15)11-10-12-7-5-4-6-8-12/h4-8,10-11H,2-3,9H2,1H3/b11-10+. The lowest BCUT2D eigenvalue weighted by Gasteiger charge is -1.93. The molecule has 102 valence electrons. The summed E-state index contributed by atoms with van der Waals surface area (Å²) in [6.07, 6.45) is 7.30. The van der Waals surface area contributed by atoms with Gasteiger partial charge in [-0.15, -0.1) is 10.2 Å². The maximum atomic E-state index is 4.56. The smallest absolute Gasteiger partial charge is 0.187 e. The van der Waals surface area contributed by atoms with Gasteiger partial charge in [-0.3, -0.25) is 0 Å². The zero-order valence-corrected chi connectivity index (χ0v) is 12.2. The zero-order chi connectivity index (χ0) is 13.8. The van der Waals surface area contributed by atoms with Crippen LogP contribution >= 0.6 is 11.3 Å². The van der Waals surface area contributed by atoms with Gasteiger partial charge < -0.3 is 0 Å². The van der Waals surface area contributed by atoms with Gasteiger partial charge >= 0.3 is 0 Å². The van der Waals surface area contributed by atoms with Crippen LogP contribution in [0.4, 0.5) is 0 Å². The Labute approximate surface area is 121 Å². The first-order valence-corrected chi connectivity index (χ1v) is 7.62. The third kappa shape index (κ3) is 2.77. The van der Waals surface area contributed by atoms with Crippen LogP contribution in [0.1, 0.15) is 36.2 Å². The Balaban J connectivity index is 1.82. The highest BCUT2D eigenvalue weighted by molar-refractivity contribution is 7.17. The number of benzene rings is 1. The molecule has 3 aromatic rings. The Bertz CT molecular complexity index is 712. The molecule has 0 saturated carbocycles. The van der Waals surface area contributed by atoms with Gasteiger partial charge in [0.25, 0.3) is 0 Å². The van der Waals surface area contributed by atoms with Crippen molar-refractivity contribution >= 4 is 28.4 Å². The summed E-state index contributed by atoms with van der Waals surface area (Å²) in [5, 5.41) is 13.9. The lowest BCUT2D eigenvalue weighted by atomic mass is 10.2. The van der Waals surface area contributed by atoms with E-state index in [1.54, 1.807) is 11.3 Å².